The third kappa shape index (κ3) is 4.13. The Morgan fingerprint density at radius 3 is 2.93 bits per heavy atom. The first-order chi connectivity index (χ1) is 7.15. The molecule has 0 aliphatic heterocycles. The molecule has 0 spiro atoms. The summed E-state index contributed by atoms with van der Waals surface area (Å²) in [5.41, 5.74) is 6.79. The third-order valence-corrected chi connectivity index (χ3v) is 4.21. The summed E-state index contributed by atoms with van der Waals surface area (Å²) in [6, 6.07) is 5.35. The molecule has 0 amide bonds. The maximum Gasteiger partial charge on any atom is 0.137 e. The molecule has 0 saturated heterocycles. The standard InChI is InChI=1S/C11H15BrFNS/c1-2-9(14)7-15-6-8-4-3-5-10(13)11(8)12/h3-5,9H,2,6-7,14H2,1H3. The minimum absolute atomic E-state index is 0.201. The van der Waals surface area contributed by atoms with Crippen molar-refractivity contribution in [1.29, 1.82) is 0 Å². The lowest BCUT2D eigenvalue weighted by Crippen LogP contribution is -2.21. The van der Waals surface area contributed by atoms with Crippen molar-refractivity contribution in [2.24, 2.45) is 5.73 Å². The topological polar surface area (TPSA) is 26.0 Å². The zero-order valence-electron chi connectivity index (χ0n) is 8.67. The van der Waals surface area contributed by atoms with Crippen LogP contribution in [0.3, 0.4) is 0 Å². The number of halogens is 2. The van der Waals surface area contributed by atoms with Gasteiger partial charge in [0.25, 0.3) is 0 Å². The molecule has 0 heterocycles. The van der Waals surface area contributed by atoms with Crippen LogP contribution in [0.4, 0.5) is 4.39 Å². The second-order valence-corrected chi connectivity index (χ2v) is 5.22. The van der Waals surface area contributed by atoms with Crippen molar-refractivity contribution in [3.05, 3.63) is 34.1 Å². The fourth-order valence-corrected chi connectivity index (χ4v) is 2.80. The van der Waals surface area contributed by atoms with Crippen LogP contribution in [0.15, 0.2) is 22.7 Å². The zero-order chi connectivity index (χ0) is 11.3. The lowest BCUT2D eigenvalue weighted by Gasteiger charge is -2.09. The molecule has 4 heteroatoms. The molecule has 1 unspecified atom stereocenters. The first-order valence-electron chi connectivity index (χ1n) is 4.91. The second kappa shape index (κ2) is 6.51. The number of rotatable bonds is 5. The van der Waals surface area contributed by atoms with E-state index in [0.29, 0.717) is 4.47 Å². The second-order valence-electron chi connectivity index (χ2n) is 3.40. The van der Waals surface area contributed by atoms with Crippen LogP contribution in [-0.4, -0.2) is 11.8 Å². The van der Waals surface area contributed by atoms with Crippen molar-refractivity contribution in [2.45, 2.75) is 25.1 Å². The number of hydrogen-bond donors (Lipinski definition) is 1. The van der Waals surface area contributed by atoms with Gasteiger partial charge in [-0.05, 0) is 34.0 Å². The van der Waals surface area contributed by atoms with Crippen molar-refractivity contribution in [1.82, 2.24) is 0 Å². The average Bonchev–Trinajstić information content (AvgIpc) is 2.24. The molecule has 0 aromatic heterocycles. The third-order valence-electron chi connectivity index (χ3n) is 2.15. The molecule has 1 atom stereocenters. The van der Waals surface area contributed by atoms with Gasteiger partial charge < -0.3 is 5.73 Å². The zero-order valence-corrected chi connectivity index (χ0v) is 11.1. The average molecular weight is 292 g/mol. The quantitative estimate of drug-likeness (QED) is 0.898. The summed E-state index contributed by atoms with van der Waals surface area (Å²) in [7, 11) is 0. The highest BCUT2D eigenvalue weighted by molar-refractivity contribution is 9.10. The molecule has 1 nitrogen and oxygen atoms in total. The molecule has 1 aromatic rings. The van der Waals surface area contributed by atoms with Gasteiger partial charge in [-0.1, -0.05) is 19.1 Å². The Balaban J connectivity index is 2.47. The summed E-state index contributed by atoms with van der Waals surface area (Å²) in [4.78, 5) is 0. The normalized spacial score (nSPS) is 12.8. The van der Waals surface area contributed by atoms with Crippen LogP contribution in [0.5, 0.6) is 0 Å². The predicted octanol–water partition coefficient (Wildman–Crippen LogP) is 3.56. The van der Waals surface area contributed by atoms with Gasteiger partial charge in [0.1, 0.15) is 5.82 Å². The highest BCUT2D eigenvalue weighted by Gasteiger charge is 2.06. The van der Waals surface area contributed by atoms with Gasteiger partial charge in [0.05, 0.1) is 4.47 Å². The predicted molar refractivity (Wildman–Crippen MR) is 68.5 cm³/mol. The maximum atomic E-state index is 13.2. The molecule has 0 fully saturated rings. The molecular formula is C11H15BrFNS. The Labute approximate surface area is 103 Å². The van der Waals surface area contributed by atoms with Crippen molar-refractivity contribution >= 4 is 27.7 Å². The molecule has 1 rings (SSSR count). The molecule has 0 radical (unpaired) electrons. The van der Waals surface area contributed by atoms with E-state index in [-0.39, 0.29) is 11.9 Å². The Bertz CT molecular complexity index is 319. The largest absolute Gasteiger partial charge is 0.327 e. The Kier molecular flexibility index (Phi) is 5.64. The molecule has 0 aliphatic rings. The van der Waals surface area contributed by atoms with Gasteiger partial charge in [0.2, 0.25) is 0 Å². The molecule has 15 heavy (non-hydrogen) atoms. The van der Waals surface area contributed by atoms with Crippen LogP contribution in [0.1, 0.15) is 18.9 Å². The van der Waals surface area contributed by atoms with Gasteiger partial charge in [-0.3, -0.25) is 0 Å². The van der Waals surface area contributed by atoms with Gasteiger partial charge >= 0.3 is 0 Å². The van der Waals surface area contributed by atoms with E-state index in [0.717, 1.165) is 23.5 Å². The monoisotopic (exact) mass is 291 g/mol. The van der Waals surface area contributed by atoms with Gasteiger partial charge in [-0.2, -0.15) is 11.8 Å². The maximum absolute atomic E-state index is 13.2. The summed E-state index contributed by atoms with van der Waals surface area (Å²) >= 11 is 4.99. The number of thioether (sulfide) groups is 1. The Hall–Kier alpha value is -0.0600. The van der Waals surface area contributed by atoms with Crippen molar-refractivity contribution in [3.63, 3.8) is 0 Å². The van der Waals surface area contributed by atoms with E-state index >= 15 is 0 Å². The molecule has 84 valence electrons. The van der Waals surface area contributed by atoms with Gasteiger partial charge in [-0.25, -0.2) is 4.39 Å². The van der Waals surface area contributed by atoms with E-state index in [1.165, 1.54) is 6.07 Å². The van der Waals surface area contributed by atoms with Crippen LogP contribution in [0, 0.1) is 5.82 Å². The molecule has 1 aromatic carbocycles. The molecule has 0 aliphatic carbocycles. The first-order valence-corrected chi connectivity index (χ1v) is 6.86. The van der Waals surface area contributed by atoms with E-state index in [4.69, 9.17) is 5.73 Å². The van der Waals surface area contributed by atoms with E-state index in [1.54, 1.807) is 17.8 Å². The van der Waals surface area contributed by atoms with Crippen LogP contribution in [0.25, 0.3) is 0 Å². The van der Waals surface area contributed by atoms with Gasteiger partial charge in [0, 0.05) is 17.5 Å². The van der Waals surface area contributed by atoms with Crippen LogP contribution >= 0.6 is 27.7 Å². The van der Waals surface area contributed by atoms with Crippen molar-refractivity contribution in [3.8, 4) is 0 Å². The van der Waals surface area contributed by atoms with E-state index in [9.17, 15) is 4.39 Å². The van der Waals surface area contributed by atoms with Crippen LogP contribution in [0.2, 0.25) is 0 Å². The minimum Gasteiger partial charge on any atom is -0.327 e. The molecular weight excluding hydrogens is 277 g/mol. The van der Waals surface area contributed by atoms with E-state index in [2.05, 4.69) is 22.9 Å². The number of benzene rings is 1. The number of hydrogen-bond acceptors (Lipinski definition) is 2. The number of nitrogens with two attached hydrogens (primary N) is 1. The minimum atomic E-state index is -0.201. The van der Waals surface area contributed by atoms with Crippen LogP contribution < -0.4 is 5.73 Å². The Morgan fingerprint density at radius 1 is 1.53 bits per heavy atom. The fourth-order valence-electron chi connectivity index (χ4n) is 1.10. The van der Waals surface area contributed by atoms with E-state index in [1.807, 2.05) is 6.07 Å². The van der Waals surface area contributed by atoms with Crippen molar-refractivity contribution < 1.29 is 4.39 Å². The summed E-state index contributed by atoms with van der Waals surface area (Å²) in [6.07, 6.45) is 0.983. The fraction of sp³-hybridized carbons (Fsp3) is 0.455. The van der Waals surface area contributed by atoms with Gasteiger partial charge in [0.15, 0.2) is 0 Å². The van der Waals surface area contributed by atoms with Crippen LogP contribution in [-0.2, 0) is 5.75 Å². The lowest BCUT2D eigenvalue weighted by molar-refractivity contribution is 0.619. The highest BCUT2D eigenvalue weighted by Crippen LogP contribution is 2.24. The summed E-state index contributed by atoms with van der Waals surface area (Å²) in [5, 5.41) is 0. The van der Waals surface area contributed by atoms with Gasteiger partial charge in [-0.15, -0.1) is 0 Å². The van der Waals surface area contributed by atoms with Crippen molar-refractivity contribution in [2.75, 3.05) is 5.75 Å². The summed E-state index contributed by atoms with van der Waals surface area (Å²) in [5.74, 6) is 1.51. The van der Waals surface area contributed by atoms with E-state index < -0.39 is 0 Å². The summed E-state index contributed by atoms with van der Waals surface area (Å²) < 4.78 is 13.7. The summed E-state index contributed by atoms with van der Waals surface area (Å²) in [6.45, 7) is 2.07. The molecule has 0 saturated carbocycles. The molecule has 0 bridgehead atoms. The highest BCUT2D eigenvalue weighted by atomic mass is 79.9. The SMILES string of the molecule is CCC(N)CSCc1cccc(F)c1Br. The lowest BCUT2D eigenvalue weighted by atomic mass is 10.2. The Morgan fingerprint density at radius 2 is 2.27 bits per heavy atom. The first kappa shape index (κ1) is 13.0. The molecule has 2 N–H and O–H groups in total. The smallest absolute Gasteiger partial charge is 0.137 e.